The molecule has 3 nitrogen and oxygen atoms in total. The largest absolute Gasteiger partial charge is 0.380 e. The van der Waals surface area contributed by atoms with Crippen LogP contribution in [0.2, 0.25) is 0 Å². The molecule has 0 aliphatic rings. The van der Waals surface area contributed by atoms with Crippen molar-refractivity contribution >= 4 is 23.2 Å². The van der Waals surface area contributed by atoms with Gasteiger partial charge in [-0.3, -0.25) is 4.79 Å². The van der Waals surface area contributed by atoms with Gasteiger partial charge in [-0.15, -0.1) is 11.6 Å². The molecule has 1 rings (SSSR count). The standard InChI is InChI=1S/C13H18ClNO2/c1-13(2,9-14)12(16)15-11-6-4-5-10(7-11)8-17-3/h4-7H,8-9H2,1-3H3,(H,15,16). The first-order valence-corrected chi connectivity index (χ1v) is 5.98. The Kier molecular flexibility index (Phi) is 4.97. The summed E-state index contributed by atoms with van der Waals surface area (Å²) >= 11 is 5.75. The molecule has 4 heteroatoms. The number of amides is 1. The molecular formula is C13H18ClNO2. The lowest BCUT2D eigenvalue weighted by molar-refractivity contribution is -0.122. The third kappa shape index (κ3) is 4.02. The molecule has 0 heterocycles. The molecule has 0 aromatic heterocycles. The van der Waals surface area contributed by atoms with E-state index in [0.29, 0.717) is 6.61 Å². The van der Waals surface area contributed by atoms with Crippen LogP contribution < -0.4 is 5.32 Å². The number of nitrogens with one attached hydrogen (secondary N) is 1. The fourth-order valence-corrected chi connectivity index (χ4v) is 1.39. The Labute approximate surface area is 107 Å². The van der Waals surface area contributed by atoms with Crippen LogP contribution in [0.25, 0.3) is 0 Å². The van der Waals surface area contributed by atoms with E-state index in [1.807, 2.05) is 38.1 Å². The number of hydrogen-bond donors (Lipinski definition) is 1. The highest BCUT2D eigenvalue weighted by atomic mass is 35.5. The van der Waals surface area contributed by atoms with Gasteiger partial charge in [0.15, 0.2) is 0 Å². The van der Waals surface area contributed by atoms with Gasteiger partial charge in [0.2, 0.25) is 5.91 Å². The minimum absolute atomic E-state index is 0.0814. The SMILES string of the molecule is COCc1cccc(NC(=O)C(C)(C)CCl)c1. The summed E-state index contributed by atoms with van der Waals surface area (Å²) in [4.78, 5) is 11.9. The van der Waals surface area contributed by atoms with Crippen LogP contribution in [0.15, 0.2) is 24.3 Å². The van der Waals surface area contributed by atoms with Gasteiger partial charge >= 0.3 is 0 Å². The summed E-state index contributed by atoms with van der Waals surface area (Å²) in [6.45, 7) is 4.16. The molecule has 1 aromatic carbocycles. The maximum absolute atomic E-state index is 11.9. The molecule has 0 aliphatic heterocycles. The van der Waals surface area contributed by atoms with Crippen molar-refractivity contribution < 1.29 is 9.53 Å². The predicted octanol–water partition coefficient (Wildman–Crippen LogP) is 3.04. The maximum Gasteiger partial charge on any atom is 0.231 e. The van der Waals surface area contributed by atoms with E-state index in [0.717, 1.165) is 11.3 Å². The molecule has 0 spiro atoms. The Morgan fingerprint density at radius 2 is 2.18 bits per heavy atom. The van der Waals surface area contributed by atoms with E-state index >= 15 is 0 Å². The molecule has 0 atom stereocenters. The zero-order valence-electron chi connectivity index (χ0n) is 10.4. The minimum Gasteiger partial charge on any atom is -0.380 e. The number of halogens is 1. The molecule has 0 saturated heterocycles. The molecular weight excluding hydrogens is 238 g/mol. The zero-order valence-corrected chi connectivity index (χ0v) is 11.2. The lowest BCUT2D eigenvalue weighted by atomic mass is 9.95. The van der Waals surface area contributed by atoms with Gasteiger partial charge in [0.25, 0.3) is 0 Å². The van der Waals surface area contributed by atoms with Crippen LogP contribution in [-0.2, 0) is 16.1 Å². The van der Waals surface area contributed by atoms with Crippen LogP contribution in [0.3, 0.4) is 0 Å². The number of carbonyl (C=O) groups is 1. The lowest BCUT2D eigenvalue weighted by Crippen LogP contribution is -2.32. The Balaban J connectivity index is 2.75. The first kappa shape index (κ1) is 14.0. The van der Waals surface area contributed by atoms with Crippen molar-refractivity contribution in [3.63, 3.8) is 0 Å². The Hall–Kier alpha value is -1.06. The Bertz CT molecular complexity index is 391. The monoisotopic (exact) mass is 255 g/mol. The summed E-state index contributed by atoms with van der Waals surface area (Å²) in [5.41, 5.74) is 1.22. The van der Waals surface area contributed by atoms with E-state index in [9.17, 15) is 4.79 Å². The topological polar surface area (TPSA) is 38.3 Å². The predicted molar refractivity (Wildman–Crippen MR) is 70.3 cm³/mol. The molecule has 1 aromatic rings. The van der Waals surface area contributed by atoms with Crippen molar-refractivity contribution in [1.29, 1.82) is 0 Å². The van der Waals surface area contributed by atoms with Gasteiger partial charge in [0.1, 0.15) is 0 Å². The van der Waals surface area contributed by atoms with Crippen LogP contribution in [0.5, 0.6) is 0 Å². The highest BCUT2D eigenvalue weighted by molar-refractivity contribution is 6.20. The highest BCUT2D eigenvalue weighted by Crippen LogP contribution is 2.20. The number of rotatable bonds is 5. The van der Waals surface area contributed by atoms with Gasteiger partial charge in [0.05, 0.1) is 12.0 Å². The van der Waals surface area contributed by atoms with Gasteiger partial charge < -0.3 is 10.1 Å². The van der Waals surface area contributed by atoms with E-state index in [4.69, 9.17) is 16.3 Å². The molecule has 94 valence electrons. The number of hydrogen-bond acceptors (Lipinski definition) is 2. The van der Waals surface area contributed by atoms with Crippen molar-refractivity contribution in [3.8, 4) is 0 Å². The molecule has 1 N–H and O–H groups in total. The van der Waals surface area contributed by atoms with Gasteiger partial charge in [-0.2, -0.15) is 0 Å². The fraction of sp³-hybridized carbons (Fsp3) is 0.462. The summed E-state index contributed by atoms with van der Waals surface area (Å²) in [7, 11) is 1.64. The smallest absolute Gasteiger partial charge is 0.231 e. The van der Waals surface area contributed by atoms with E-state index in [-0.39, 0.29) is 11.8 Å². The number of alkyl halides is 1. The second kappa shape index (κ2) is 6.03. The molecule has 0 fully saturated rings. The van der Waals surface area contributed by atoms with Crippen molar-refractivity contribution in [3.05, 3.63) is 29.8 Å². The van der Waals surface area contributed by atoms with Crippen molar-refractivity contribution in [2.45, 2.75) is 20.5 Å². The van der Waals surface area contributed by atoms with Crippen molar-refractivity contribution in [1.82, 2.24) is 0 Å². The third-order valence-corrected chi connectivity index (χ3v) is 3.11. The first-order valence-electron chi connectivity index (χ1n) is 5.45. The average molecular weight is 256 g/mol. The molecule has 1 amide bonds. The molecule has 0 unspecified atom stereocenters. The summed E-state index contributed by atoms with van der Waals surface area (Å²) < 4.78 is 5.04. The lowest BCUT2D eigenvalue weighted by Gasteiger charge is -2.20. The second-order valence-corrected chi connectivity index (χ2v) is 4.87. The Morgan fingerprint density at radius 3 is 2.76 bits per heavy atom. The average Bonchev–Trinajstić information content (AvgIpc) is 2.30. The first-order chi connectivity index (χ1) is 7.99. The number of ether oxygens (including phenoxy) is 1. The highest BCUT2D eigenvalue weighted by Gasteiger charge is 2.26. The van der Waals surface area contributed by atoms with Crippen LogP contribution in [0.4, 0.5) is 5.69 Å². The normalized spacial score (nSPS) is 11.3. The van der Waals surface area contributed by atoms with Gasteiger partial charge in [-0.1, -0.05) is 12.1 Å². The van der Waals surface area contributed by atoms with Gasteiger partial charge in [-0.25, -0.2) is 0 Å². The number of anilines is 1. The van der Waals surface area contributed by atoms with E-state index in [2.05, 4.69) is 5.32 Å². The van der Waals surface area contributed by atoms with Crippen LogP contribution in [0.1, 0.15) is 19.4 Å². The quantitative estimate of drug-likeness (QED) is 0.822. The van der Waals surface area contributed by atoms with Crippen LogP contribution >= 0.6 is 11.6 Å². The van der Waals surface area contributed by atoms with Crippen LogP contribution in [-0.4, -0.2) is 18.9 Å². The molecule has 0 saturated carbocycles. The number of carbonyl (C=O) groups excluding carboxylic acids is 1. The van der Waals surface area contributed by atoms with Crippen molar-refractivity contribution in [2.24, 2.45) is 5.41 Å². The third-order valence-electron chi connectivity index (χ3n) is 2.44. The van der Waals surface area contributed by atoms with Crippen molar-refractivity contribution in [2.75, 3.05) is 18.3 Å². The van der Waals surface area contributed by atoms with Crippen LogP contribution in [0, 0.1) is 5.41 Å². The maximum atomic E-state index is 11.9. The molecule has 0 bridgehead atoms. The zero-order chi connectivity index (χ0) is 12.9. The fourth-order valence-electron chi connectivity index (χ4n) is 1.27. The summed E-state index contributed by atoms with van der Waals surface area (Å²) in [6.07, 6.45) is 0. The van der Waals surface area contributed by atoms with Gasteiger partial charge in [-0.05, 0) is 31.5 Å². The van der Waals surface area contributed by atoms with E-state index < -0.39 is 5.41 Å². The number of methoxy groups -OCH3 is 1. The summed E-state index contributed by atoms with van der Waals surface area (Å²) in [5, 5.41) is 2.85. The summed E-state index contributed by atoms with van der Waals surface area (Å²) in [6, 6.07) is 7.58. The Morgan fingerprint density at radius 1 is 1.47 bits per heavy atom. The summed E-state index contributed by atoms with van der Waals surface area (Å²) in [5.74, 6) is 0.207. The number of benzene rings is 1. The van der Waals surface area contributed by atoms with E-state index in [1.54, 1.807) is 7.11 Å². The minimum atomic E-state index is -0.571. The van der Waals surface area contributed by atoms with E-state index in [1.165, 1.54) is 0 Å². The van der Waals surface area contributed by atoms with Gasteiger partial charge in [0, 0.05) is 18.7 Å². The molecule has 0 aliphatic carbocycles. The molecule has 0 radical (unpaired) electrons. The molecule has 17 heavy (non-hydrogen) atoms. The second-order valence-electron chi connectivity index (χ2n) is 4.61.